The van der Waals surface area contributed by atoms with E-state index in [4.69, 9.17) is 4.84 Å². The van der Waals surface area contributed by atoms with Crippen LogP contribution < -0.4 is 0 Å². The average Bonchev–Trinajstić information content (AvgIpc) is 3.19. The topological polar surface area (TPSA) is 88.9 Å². The first kappa shape index (κ1) is 21.4. The number of carbonyl (C=O) groups is 1. The summed E-state index contributed by atoms with van der Waals surface area (Å²) >= 11 is 1.31. The molecule has 2 aromatic rings. The van der Waals surface area contributed by atoms with Crippen molar-refractivity contribution < 1.29 is 31.2 Å². The van der Waals surface area contributed by atoms with E-state index < -0.39 is 32.6 Å². The van der Waals surface area contributed by atoms with Gasteiger partial charge in [0.05, 0.1) is 16.2 Å². The van der Waals surface area contributed by atoms with Crippen molar-refractivity contribution in [3.05, 3.63) is 46.4 Å². The number of thiazole rings is 1. The predicted molar refractivity (Wildman–Crippen MR) is 98.8 cm³/mol. The van der Waals surface area contributed by atoms with Gasteiger partial charge in [-0.1, -0.05) is 11.2 Å². The number of hydrogen-bond acceptors (Lipinski definition) is 7. The molecule has 1 aliphatic rings. The summed E-state index contributed by atoms with van der Waals surface area (Å²) in [6.45, 7) is 0.0584. The minimum absolute atomic E-state index is 0.00943. The van der Waals surface area contributed by atoms with Gasteiger partial charge in [-0.25, -0.2) is 18.2 Å². The van der Waals surface area contributed by atoms with Gasteiger partial charge < -0.3 is 4.84 Å². The molecule has 0 amide bonds. The Balaban J connectivity index is 1.60. The smallest absolute Gasteiger partial charge is 0.318 e. The number of nitrogens with zero attached hydrogens (tertiary/aromatic N) is 3. The fraction of sp³-hybridized carbons (Fsp3) is 0.353. The van der Waals surface area contributed by atoms with Crippen LogP contribution in [0.25, 0.3) is 0 Å². The van der Waals surface area contributed by atoms with Crippen molar-refractivity contribution in [1.82, 2.24) is 9.29 Å². The minimum Gasteiger partial charge on any atom is -0.318 e. The third-order valence-corrected chi connectivity index (χ3v) is 6.83. The number of aromatic nitrogens is 1. The molecule has 0 saturated carbocycles. The van der Waals surface area contributed by atoms with Crippen LogP contribution in [0.3, 0.4) is 0 Å². The molecule has 12 heteroatoms. The van der Waals surface area contributed by atoms with Gasteiger partial charge in [0, 0.05) is 37.5 Å². The third kappa shape index (κ3) is 5.40. The maximum Gasteiger partial charge on any atom is 0.416 e. The van der Waals surface area contributed by atoms with E-state index in [0.717, 1.165) is 22.5 Å². The van der Waals surface area contributed by atoms with Gasteiger partial charge in [-0.2, -0.15) is 17.5 Å². The maximum absolute atomic E-state index is 12.8. The molecule has 2 heterocycles. The van der Waals surface area contributed by atoms with E-state index in [2.05, 4.69) is 10.1 Å². The highest BCUT2D eigenvalue weighted by Crippen LogP contribution is 2.31. The van der Waals surface area contributed by atoms with Crippen LogP contribution in [-0.2, 0) is 32.3 Å². The molecule has 7 nitrogen and oxygen atoms in total. The normalized spacial score (nSPS) is 15.9. The highest BCUT2D eigenvalue weighted by molar-refractivity contribution is 7.89. The van der Waals surface area contributed by atoms with Crippen LogP contribution in [-0.4, -0.2) is 42.5 Å². The Morgan fingerprint density at radius 1 is 1.28 bits per heavy atom. The van der Waals surface area contributed by atoms with E-state index in [-0.39, 0.29) is 32.4 Å². The average molecular weight is 447 g/mol. The maximum atomic E-state index is 12.8. The Morgan fingerprint density at radius 2 is 2.00 bits per heavy atom. The molecular formula is C17H16F3N3O4S2. The first-order valence-corrected chi connectivity index (χ1v) is 10.8. The van der Waals surface area contributed by atoms with Crippen LogP contribution in [0.15, 0.2) is 45.9 Å². The van der Waals surface area contributed by atoms with Crippen molar-refractivity contribution in [1.29, 1.82) is 0 Å². The summed E-state index contributed by atoms with van der Waals surface area (Å²) in [4.78, 5) is 20.1. The van der Waals surface area contributed by atoms with Gasteiger partial charge in [0.2, 0.25) is 10.0 Å². The summed E-state index contributed by atoms with van der Waals surface area (Å²) in [5.41, 5.74) is -0.516. The Morgan fingerprint density at radius 3 is 2.62 bits per heavy atom. The van der Waals surface area contributed by atoms with Crippen LogP contribution in [0.5, 0.6) is 0 Å². The van der Waals surface area contributed by atoms with Gasteiger partial charge in [-0.3, -0.25) is 0 Å². The van der Waals surface area contributed by atoms with Gasteiger partial charge in [-0.15, -0.1) is 11.3 Å². The second-order valence-corrected chi connectivity index (χ2v) is 9.07. The summed E-state index contributed by atoms with van der Waals surface area (Å²) in [5.74, 6) is -0.577. The number of alkyl halides is 3. The number of rotatable bonds is 5. The summed E-state index contributed by atoms with van der Waals surface area (Å²) in [5, 5.41) is 6.10. The number of benzene rings is 1. The summed E-state index contributed by atoms with van der Waals surface area (Å²) in [7, 11) is -4.07. The second kappa shape index (κ2) is 8.59. The van der Waals surface area contributed by atoms with E-state index in [1.165, 1.54) is 11.3 Å². The highest BCUT2D eigenvalue weighted by atomic mass is 32.2. The van der Waals surface area contributed by atoms with Crippen LogP contribution in [0, 0.1) is 0 Å². The van der Waals surface area contributed by atoms with E-state index in [0.29, 0.717) is 16.8 Å². The van der Waals surface area contributed by atoms with Gasteiger partial charge in [0.1, 0.15) is 11.4 Å². The quantitative estimate of drug-likeness (QED) is 0.519. The zero-order valence-electron chi connectivity index (χ0n) is 14.9. The standard InChI is InChI=1S/C17H16F3N3O4S2/c18-17(19,20)12-2-1-3-14(10-12)29(25,26)23-7-4-13(5-8-23)22-27-16(24)11-15-21-6-9-28-15/h1-3,6,9-10H,4-5,7-8,11H2. The number of piperidine rings is 1. The van der Waals surface area contributed by atoms with Crippen LogP contribution >= 0.6 is 11.3 Å². The molecule has 1 saturated heterocycles. The van der Waals surface area contributed by atoms with Crippen LogP contribution in [0.2, 0.25) is 0 Å². The zero-order valence-corrected chi connectivity index (χ0v) is 16.6. The Hall–Kier alpha value is -2.31. The molecule has 3 rings (SSSR count). The van der Waals surface area contributed by atoms with E-state index in [1.54, 1.807) is 11.6 Å². The Kier molecular flexibility index (Phi) is 6.34. The molecule has 0 bridgehead atoms. The summed E-state index contributed by atoms with van der Waals surface area (Å²) in [6.07, 6.45) is -2.65. The van der Waals surface area contributed by atoms with Crippen molar-refractivity contribution >= 4 is 33.0 Å². The number of halogens is 3. The van der Waals surface area contributed by atoms with Crippen LogP contribution in [0.1, 0.15) is 23.4 Å². The Labute approximate surface area is 168 Å². The van der Waals surface area contributed by atoms with Gasteiger partial charge in [0.25, 0.3) is 0 Å². The predicted octanol–water partition coefficient (Wildman–Crippen LogP) is 3.09. The van der Waals surface area contributed by atoms with E-state index in [1.807, 2.05) is 0 Å². The van der Waals surface area contributed by atoms with Crippen LogP contribution in [0.4, 0.5) is 13.2 Å². The molecule has 29 heavy (non-hydrogen) atoms. The SMILES string of the molecule is O=C(Cc1nccs1)ON=C1CCN(S(=O)(=O)c2cccc(C(F)(F)F)c2)CC1. The molecule has 0 aliphatic carbocycles. The first-order valence-electron chi connectivity index (χ1n) is 8.47. The van der Waals surface area contributed by atoms with Crippen molar-refractivity contribution in [3.63, 3.8) is 0 Å². The molecule has 0 spiro atoms. The fourth-order valence-corrected chi connectivity index (χ4v) is 4.76. The third-order valence-electron chi connectivity index (χ3n) is 4.15. The lowest BCUT2D eigenvalue weighted by molar-refractivity contribution is -0.143. The molecule has 156 valence electrons. The molecular weight excluding hydrogens is 431 g/mol. The van der Waals surface area contributed by atoms with Crippen molar-refractivity contribution in [2.24, 2.45) is 5.16 Å². The number of sulfonamides is 1. The summed E-state index contributed by atoms with van der Waals surface area (Å²) < 4.78 is 64.9. The monoisotopic (exact) mass is 447 g/mol. The Bertz CT molecular complexity index is 995. The lowest BCUT2D eigenvalue weighted by Gasteiger charge is -2.26. The van der Waals surface area contributed by atoms with Crippen molar-refractivity contribution in [3.8, 4) is 0 Å². The minimum atomic E-state index is -4.63. The number of carbonyl (C=O) groups excluding carboxylic acids is 1. The number of oxime groups is 1. The number of hydrogen-bond donors (Lipinski definition) is 0. The molecule has 0 N–H and O–H groups in total. The molecule has 1 aromatic heterocycles. The molecule has 0 atom stereocenters. The van der Waals surface area contributed by atoms with Gasteiger partial charge in [-0.05, 0) is 18.2 Å². The zero-order chi connectivity index (χ0) is 21.1. The molecule has 1 aliphatic heterocycles. The van der Waals surface area contributed by atoms with Crippen molar-refractivity contribution in [2.75, 3.05) is 13.1 Å². The van der Waals surface area contributed by atoms with E-state index in [9.17, 15) is 26.4 Å². The van der Waals surface area contributed by atoms with Gasteiger partial charge in [0.15, 0.2) is 0 Å². The molecule has 1 fully saturated rings. The van der Waals surface area contributed by atoms with E-state index >= 15 is 0 Å². The first-order chi connectivity index (χ1) is 13.7. The van der Waals surface area contributed by atoms with Crippen molar-refractivity contribution in [2.45, 2.75) is 30.3 Å². The lowest BCUT2D eigenvalue weighted by atomic mass is 10.1. The molecule has 1 aromatic carbocycles. The molecule has 0 radical (unpaired) electrons. The molecule has 0 unspecified atom stereocenters. The highest BCUT2D eigenvalue weighted by Gasteiger charge is 2.33. The fourth-order valence-electron chi connectivity index (χ4n) is 2.67. The lowest BCUT2D eigenvalue weighted by Crippen LogP contribution is -2.38. The van der Waals surface area contributed by atoms with Gasteiger partial charge >= 0.3 is 12.1 Å². The largest absolute Gasteiger partial charge is 0.416 e. The summed E-state index contributed by atoms with van der Waals surface area (Å²) in [6, 6.07) is 3.64. The second-order valence-electron chi connectivity index (χ2n) is 6.15.